The summed E-state index contributed by atoms with van der Waals surface area (Å²) < 4.78 is 28.1. The number of hydrogen-bond donors (Lipinski definition) is 1. The lowest BCUT2D eigenvalue weighted by atomic mass is 9.89. The quantitative estimate of drug-likeness (QED) is 0.369. The molecule has 1 aliphatic rings. The molecule has 1 atom stereocenters. The van der Waals surface area contributed by atoms with Crippen molar-refractivity contribution in [3.63, 3.8) is 0 Å². The summed E-state index contributed by atoms with van der Waals surface area (Å²) in [6.45, 7) is 1.58. The zero-order chi connectivity index (χ0) is 25.0. The van der Waals surface area contributed by atoms with Gasteiger partial charge in [0.25, 0.3) is 10.0 Å². The molecule has 0 bridgehead atoms. The van der Waals surface area contributed by atoms with Crippen LogP contribution in [-0.4, -0.2) is 20.9 Å². The fourth-order valence-corrected chi connectivity index (χ4v) is 6.49. The second kappa shape index (κ2) is 11.0. The highest BCUT2D eigenvalue weighted by atomic mass is 35.5. The predicted molar refractivity (Wildman–Crippen MR) is 142 cm³/mol. The van der Waals surface area contributed by atoms with E-state index in [9.17, 15) is 13.2 Å². The number of anilines is 1. The molecule has 0 spiro atoms. The van der Waals surface area contributed by atoms with E-state index in [1.807, 2.05) is 6.92 Å². The van der Waals surface area contributed by atoms with Gasteiger partial charge in [0.2, 0.25) is 5.91 Å². The van der Waals surface area contributed by atoms with Crippen molar-refractivity contribution in [2.75, 3.05) is 10.8 Å². The van der Waals surface area contributed by atoms with Crippen LogP contribution in [0.4, 0.5) is 5.69 Å². The van der Waals surface area contributed by atoms with Crippen LogP contribution in [0.2, 0.25) is 10.0 Å². The zero-order valence-corrected chi connectivity index (χ0v) is 21.8. The zero-order valence-electron chi connectivity index (χ0n) is 19.5. The number of aryl methyl sites for hydroxylation is 2. The Hall–Kier alpha value is -2.54. The minimum absolute atomic E-state index is 0.0699. The van der Waals surface area contributed by atoms with E-state index in [2.05, 4.69) is 23.5 Å². The molecule has 5 nitrogen and oxygen atoms in total. The summed E-state index contributed by atoms with van der Waals surface area (Å²) in [7, 11) is -4.06. The summed E-state index contributed by atoms with van der Waals surface area (Å²) in [6, 6.07) is 18.7. The van der Waals surface area contributed by atoms with Gasteiger partial charge in [-0.25, -0.2) is 8.42 Å². The molecule has 3 aromatic rings. The molecule has 1 aliphatic carbocycles. The lowest BCUT2D eigenvalue weighted by Crippen LogP contribution is -2.42. The smallest absolute Gasteiger partial charge is 0.264 e. The third-order valence-electron chi connectivity index (χ3n) is 6.32. The molecule has 8 heteroatoms. The average Bonchev–Trinajstić information content (AvgIpc) is 2.86. The fourth-order valence-electron chi connectivity index (χ4n) is 4.46. The first kappa shape index (κ1) is 25.5. The Morgan fingerprint density at radius 3 is 2.37 bits per heavy atom. The molecule has 0 saturated heterocycles. The number of benzene rings is 3. The summed E-state index contributed by atoms with van der Waals surface area (Å²) in [6.07, 6.45) is 5.20. The third kappa shape index (κ3) is 5.83. The Bertz CT molecular complexity index is 1310. The average molecular weight is 532 g/mol. The molecule has 0 fully saturated rings. The Morgan fingerprint density at radius 2 is 1.69 bits per heavy atom. The van der Waals surface area contributed by atoms with Crippen LogP contribution in [0.3, 0.4) is 0 Å². The van der Waals surface area contributed by atoms with Crippen LogP contribution in [0.1, 0.15) is 48.9 Å². The molecule has 0 heterocycles. The van der Waals surface area contributed by atoms with Crippen LogP contribution in [0.5, 0.6) is 0 Å². The number of nitrogens with one attached hydrogen (secondary N) is 1. The Morgan fingerprint density at radius 1 is 0.971 bits per heavy atom. The van der Waals surface area contributed by atoms with Gasteiger partial charge in [-0.2, -0.15) is 0 Å². The minimum Gasteiger partial charge on any atom is -0.348 e. The van der Waals surface area contributed by atoms with Gasteiger partial charge in [-0.1, -0.05) is 66.5 Å². The van der Waals surface area contributed by atoms with Gasteiger partial charge in [0.15, 0.2) is 0 Å². The van der Waals surface area contributed by atoms with E-state index in [-0.39, 0.29) is 21.6 Å². The number of carbonyl (C=O) groups excluding carboxylic acids is 1. The van der Waals surface area contributed by atoms with E-state index < -0.39 is 22.5 Å². The van der Waals surface area contributed by atoms with E-state index >= 15 is 0 Å². The van der Waals surface area contributed by atoms with Crippen molar-refractivity contribution in [2.45, 2.75) is 50.0 Å². The first-order valence-electron chi connectivity index (χ1n) is 11.7. The minimum atomic E-state index is -4.06. The molecule has 0 radical (unpaired) electrons. The molecular formula is C27H28Cl2N2O3S. The standard InChI is InChI=1S/C27H28Cl2N2O3S/c1-2-25(21-13-12-19-8-6-7-9-20(19)16-21)30-27(32)18-31(26-15-14-22(28)17-24(26)29)35(33,34)23-10-4-3-5-11-23/h3-5,10-17,25H,2,6-9,18H2,1H3,(H,30,32). The number of fused-ring (bicyclic) bond motifs is 1. The van der Waals surface area contributed by atoms with Gasteiger partial charge in [0.05, 0.1) is 21.6 Å². The molecule has 4 rings (SSSR count). The van der Waals surface area contributed by atoms with Crippen LogP contribution < -0.4 is 9.62 Å². The van der Waals surface area contributed by atoms with Crippen molar-refractivity contribution in [3.05, 3.63) is 93.5 Å². The second-order valence-corrected chi connectivity index (χ2v) is 11.4. The fraction of sp³-hybridized carbons (Fsp3) is 0.296. The second-order valence-electron chi connectivity index (χ2n) is 8.68. The van der Waals surface area contributed by atoms with Crippen molar-refractivity contribution in [2.24, 2.45) is 0 Å². The summed E-state index contributed by atoms with van der Waals surface area (Å²) >= 11 is 12.4. The first-order chi connectivity index (χ1) is 16.8. The monoisotopic (exact) mass is 530 g/mol. The lowest BCUT2D eigenvalue weighted by molar-refractivity contribution is -0.120. The molecule has 35 heavy (non-hydrogen) atoms. The van der Waals surface area contributed by atoms with Gasteiger partial charge in [-0.05, 0) is 79.1 Å². The summed E-state index contributed by atoms with van der Waals surface area (Å²) in [5.74, 6) is -0.417. The number of carbonyl (C=O) groups is 1. The van der Waals surface area contributed by atoms with Gasteiger partial charge in [0.1, 0.15) is 6.54 Å². The van der Waals surface area contributed by atoms with Crippen molar-refractivity contribution in [1.29, 1.82) is 0 Å². The number of nitrogens with zero attached hydrogens (tertiary/aromatic N) is 1. The van der Waals surface area contributed by atoms with Crippen molar-refractivity contribution in [3.8, 4) is 0 Å². The van der Waals surface area contributed by atoms with Crippen LogP contribution in [-0.2, 0) is 27.7 Å². The summed E-state index contributed by atoms with van der Waals surface area (Å²) in [5.41, 5.74) is 3.93. The Labute approximate surface area is 217 Å². The van der Waals surface area contributed by atoms with Crippen LogP contribution >= 0.6 is 23.2 Å². The highest BCUT2D eigenvalue weighted by Crippen LogP contribution is 2.33. The van der Waals surface area contributed by atoms with Crippen molar-refractivity contribution >= 4 is 44.8 Å². The van der Waals surface area contributed by atoms with Crippen molar-refractivity contribution < 1.29 is 13.2 Å². The summed E-state index contributed by atoms with van der Waals surface area (Å²) in [5, 5.41) is 3.55. The third-order valence-corrected chi connectivity index (χ3v) is 8.63. The molecule has 0 aliphatic heterocycles. The van der Waals surface area contributed by atoms with Gasteiger partial charge >= 0.3 is 0 Å². The lowest BCUT2D eigenvalue weighted by Gasteiger charge is -2.27. The van der Waals surface area contributed by atoms with Gasteiger partial charge in [0, 0.05) is 5.02 Å². The number of halogens is 2. The highest BCUT2D eigenvalue weighted by Gasteiger charge is 2.29. The first-order valence-corrected chi connectivity index (χ1v) is 13.9. The maximum Gasteiger partial charge on any atom is 0.264 e. The molecule has 1 amide bonds. The SMILES string of the molecule is CCC(NC(=O)CN(c1ccc(Cl)cc1Cl)S(=O)(=O)c1ccccc1)c1ccc2c(c1)CCCC2. The maximum absolute atomic E-state index is 13.5. The van der Waals surface area contributed by atoms with Gasteiger partial charge in [-0.3, -0.25) is 9.10 Å². The van der Waals surface area contributed by atoms with Crippen LogP contribution in [0.15, 0.2) is 71.6 Å². The normalized spacial score (nSPS) is 14.1. The van der Waals surface area contributed by atoms with Gasteiger partial charge < -0.3 is 5.32 Å². The van der Waals surface area contributed by atoms with E-state index in [1.54, 1.807) is 24.3 Å². The van der Waals surface area contributed by atoms with E-state index in [1.165, 1.54) is 48.2 Å². The Kier molecular flexibility index (Phi) is 8.05. The Balaban J connectivity index is 1.62. The topological polar surface area (TPSA) is 66.5 Å². The number of hydrogen-bond acceptors (Lipinski definition) is 3. The molecular weight excluding hydrogens is 503 g/mol. The molecule has 0 aromatic heterocycles. The highest BCUT2D eigenvalue weighted by molar-refractivity contribution is 7.92. The van der Waals surface area contributed by atoms with Crippen LogP contribution in [0, 0.1) is 0 Å². The largest absolute Gasteiger partial charge is 0.348 e. The molecule has 1 N–H and O–H groups in total. The van der Waals surface area contributed by atoms with E-state index in [4.69, 9.17) is 23.2 Å². The molecule has 184 valence electrons. The van der Waals surface area contributed by atoms with Crippen LogP contribution in [0.25, 0.3) is 0 Å². The number of sulfonamides is 1. The predicted octanol–water partition coefficient (Wildman–Crippen LogP) is 6.34. The number of amides is 1. The van der Waals surface area contributed by atoms with Gasteiger partial charge in [-0.15, -0.1) is 0 Å². The van der Waals surface area contributed by atoms with E-state index in [0.717, 1.165) is 22.7 Å². The van der Waals surface area contributed by atoms with E-state index in [0.29, 0.717) is 11.4 Å². The van der Waals surface area contributed by atoms with Crippen molar-refractivity contribution in [1.82, 2.24) is 5.32 Å². The molecule has 1 unspecified atom stereocenters. The molecule has 3 aromatic carbocycles. The maximum atomic E-state index is 13.5. The number of rotatable bonds is 8. The molecule has 0 saturated carbocycles. The summed E-state index contributed by atoms with van der Waals surface area (Å²) in [4.78, 5) is 13.3.